The lowest BCUT2D eigenvalue weighted by Crippen LogP contribution is -2.04. The Balaban J connectivity index is 1.54. The normalized spacial score (nSPS) is 12.7. The Bertz CT molecular complexity index is 616. The molecule has 0 unspecified atom stereocenters. The monoisotopic (exact) mass is 314 g/mol. The van der Waals surface area contributed by atoms with Crippen molar-refractivity contribution in [2.75, 3.05) is 13.4 Å². The first-order chi connectivity index (χ1) is 9.75. The summed E-state index contributed by atoms with van der Waals surface area (Å²) in [6, 6.07) is 5.58. The van der Waals surface area contributed by atoms with E-state index in [-0.39, 0.29) is 6.79 Å². The third-order valence-electron chi connectivity index (χ3n) is 2.89. The topological polar surface area (TPSA) is 45.5 Å². The van der Waals surface area contributed by atoms with Crippen molar-refractivity contribution >= 4 is 23.2 Å². The molecule has 2 heterocycles. The number of benzene rings is 1. The lowest BCUT2D eigenvalue weighted by Gasteiger charge is -2.09. The highest BCUT2D eigenvalue weighted by atomic mass is 35.5. The minimum absolute atomic E-state index is 0.235. The number of para-hydroxylation sites is 1. The zero-order valence-electron chi connectivity index (χ0n) is 10.5. The molecule has 0 saturated heterocycles. The minimum atomic E-state index is 0.235. The molecule has 2 aromatic rings. The number of imidazole rings is 1. The van der Waals surface area contributed by atoms with Gasteiger partial charge in [-0.1, -0.05) is 29.3 Å². The van der Waals surface area contributed by atoms with Crippen LogP contribution in [0.1, 0.15) is 6.42 Å². The summed E-state index contributed by atoms with van der Waals surface area (Å²) in [6.07, 6.45) is 2.39. The zero-order chi connectivity index (χ0) is 13.9. The highest BCUT2D eigenvalue weighted by Crippen LogP contribution is 2.40. The van der Waals surface area contributed by atoms with E-state index in [1.807, 2.05) is 18.2 Å². The lowest BCUT2D eigenvalue weighted by molar-refractivity contribution is 0.169. The molecule has 0 amide bonds. The van der Waals surface area contributed by atoms with Gasteiger partial charge in [0.15, 0.2) is 16.7 Å². The largest absolute Gasteiger partial charge is 0.489 e. The van der Waals surface area contributed by atoms with Crippen molar-refractivity contribution in [3.05, 3.63) is 34.8 Å². The molecular formula is C13H12Cl2N2O3. The summed E-state index contributed by atoms with van der Waals surface area (Å²) in [7, 11) is 0. The fourth-order valence-corrected chi connectivity index (χ4v) is 2.26. The smallest absolute Gasteiger partial charge is 0.231 e. The Morgan fingerprint density at radius 2 is 2.20 bits per heavy atom. The summed E-state index contributed by atoms with van der Waals surface area (Å²) in [5.41, 5.74) is 0. The summed E-state index contributed by atoms with van der Waals surface area (Å²) in [5.74, 6) is 2.07. The fraction of sp³-hybridized carbons (Fsp3) is 0.308. The molecule has 106 valence electrons. The summed E-state index contributed by atoms with van der Waals surface area (Å²) in [5, 5.41) is 0.767. The number of aromatic nitrogens is 2. The maximum absolute atomic E-state index is 5.97. The Morgan fingerprint density at radius 1 is 1.30 bits per heavy atom. The van der Waals surface area contributed by atoms with Crippen LogP contribution < -0.4 is 14.2 Å². The molecule has 1 aliphatic heterocycles. The molecule has 0 spiro atoms. The first-order valence-corrected chi connectivity index (χ1v) is 6.89. The van der Waals surface area contributed by atoms with Gasteiger partial charge in [0.1, 0.15) is 5.15 Å². The number of aryl methyl sites for hydroxylation is 1. The Morgan fingerprint density at radius 3 is 3.00 bits per heavy atom. The first-order valence-electron chi connectivity index (χ1n) is 6.13. The second-order valence-electron chi connectivity index (χ2n) is 4.21. The van der Waals surface area contributed by atoms with Crippen LogP contribution >= 0.6 is 23.2 Å². The van der Waals surface area contributed by atoms with Crippen molar-refractivity contribution in [3.63, 3.8) is 0 Å². The number of nitrogens with zero attached hydrogens (tertiary/aromatic N) is 2. The molecule has 0 N–H and O–H groups in total. The van der Waals surface area contributed by atoms with Crippen molar-refractivity contribution in [2.24, 2.45) is 0 Å². The quantitative estimate of drug-likeness (QED) is 0.794. The van der Waals surface area contributed by atoms with Gasteiger partial charge < -0.3 is 18.8 Å². The van der Waals surface area contributed by atoms with Gasteiger partial charge in [-0.2, -0.15) is 0 Å². The van der Waals surface area contributed by atoms with Crippen LogP contribution in [-0.2, 0) is 6.54 Å². The predicted molar refractivity (Wildman–Crippen MR) is 74.9 cm³/mol. The van der Waals surface area contributed by atoms with E-state index < -0.39 is 0 Å². The Kier molecular flexibility index (Phi) is 3.89. The van der Waals surface area contributed by atoms with Crippen molar-refractivity contribution in [2.45, 2.75) is 13.0 Å². The fourth-order valence-electron chi connectivity index (χ4n) is 1.93. The lowest BCUT2D eigenvalue weighted by atomic mass is 10.3. The van der Waals surface area contributed by atoms with Gasteiger partial charge >= 0.3 is 0 Å². The van der Waals surface area contributed by atoms with Crippen LogP contribution in [0.3, 0.4) is 0 Å². The number of fused-ring (bicyclic) bond motifs is 1. The average molecular weight is 315 g/mol. The standard InChI is InChI=1S/C13H12Cl2N2O3/c14-12-13(15)17(7-16-12)5-2-6-18-9-3-1-4-10-11(9)20-8-19-10/h1,3-4,7H,2,5-6,8H2. The van der Waals surface area contributed by atoms with Gasteiger partial charge in [0.25, 0.3) is 0 Å². The molecule has 0 bridgehead atoms. The van der Waals surface area contributed by atoms with Crippen LogP contribution in [0.5, 0.6) is 17.2 Å². The Labute approximate surface area is 126 Å². The number of hydrogen-bond donors (Lipinski definition) is 0. The minimum Gasteiger partial charge on any atom is -0.489 e. The second kappa shape index (κ2) is 5.81. The molecule has 1 aromatic heterocycles. The molecule has 3 rings (SSSR count). The van der Waals surface area contributed by atoms with Gasteiger partial charge in [-0.3, -0.25) is 0 Å². The number of halogens is 2. The molecule has 5 nitrogen and oxygen atoms in total. The van der Waals surface area contributed by atoms with Gasteiger partial charge in [-0.05, 0) is 18.6 Å². The first kappa shape index (κ1) is 13.4. The predicted octanol–water partition coefficient (Wildman–Crippen LogP) is 3.39. The maximum atomic E-state index is 5.97. The number of ether oxygens (including phenoxy) is 3. The molecule has 7 heteroatoms. The van der Waals surface area contributed by atoms with Crippen LogP contribution in [-0.4, -0.2) is 23.0 Å². The van der Waals surface area contributed by atoms with Gasteiger partial charge in [-0.25, -0.2) is 4.98 Å². The van der Waals surface area contributed by atoms with Crippen LogP contribution in [0.25, 0.3) is 0 Å². The number of hydrogen-bond acceptors (Lipinski definition) is 4. The molecule has 20 heavy (non-hydrogen) atoms. The SMILES string of the molecule is Clc1ncn(CCCOc2cccc3c2OCO3)c1Cl. The third kappa shape index (κ3) is 2.64. The summed E-state index contributed by atoms with van der Waals surface area (Å²) < 4.78 is 18.1. The van der Waals surface area contributed by atoms with E-state index in [4.69, 9.17) is 37.4 Å². The summed E-state index contributed by atoms with van der Waals surface area (Å²) in [6.45, 7) is 1.45. The van der Waals surface area contributed by atoms with E-state index in [0.717, 1.165) is 6.42 Å². The molecule has 0 saturated carbocycles. The maximum Gasteiger partial charge on any atom is 0.231 e. The average Bonchev–Trinajstić information content (AvgIpc) is 3.05. The van der Waals surface area contributed by atoms with E-state index in [0.29, 0.717) is 40.7 Å². The summed E-state index contributed by atoms with van der Waals surface area (Å²) in [4.78, 5) is 3.92. The molecule has 0 aliphatic carbocycles. The highest BCUT2D eigenvalue weighted by molar-refractivity contribution is 6.40. The van der Waals surface area contributed by atoms with Crippen molar-refractivity contribution in [3.8, 4) is 17.2 Å². The third-order valence-corrected chi connectivity index (χ3v) is 3.66. The van der Waals surface area contributed by atoms with Crippen LogP contribution in [0.2, 0.25) is 10.3 Å². The van der Waals surface area contributed by atoms with E-state index in [1.165, 1.54) is 0 Å². The van der Waals surface area contributed by atoms with Crippen LogP contribution in [0.15, 0.2) is 24.5 Å². The molecule has 1 aliphatic rings. The van der Waals surface area contributed by atoms with Gasteiger partial charge in [0, 0.05) is 6.54 Å². The Hall–Kier alpha value is -1.59. The molecule has 1 aromatic carbocycles. The van der Waals surface area contributed by atoms with Crippen molar-refractivity contribution in [1.29, 1.82) is 0 Å². The highest BCUT2D eigenvalue weighted by Gasteiger charge is 2.18. The van der Waals surface area contributed by atoms with Crippen LogP contribution in [0.4, 0.5) is 0 Å². The van der Waals surface area contributed by atoms with E-state index >= 15 is 0 Å². The summed E-state index contributed by atoms with van der Waals surface area (Å²) >= 11 is 11.7. The van der Waals surface area contributed by atoms with Crippen molar-refractivity contribution < 1.29 is 14.2 Å². The number of rotatable bonds is 5. The van der Waals surface area contributed by atoms with E-state index in [9.17, 15) is 0 Å². The van der Waals surface area contributed by atoms with Gasteiger partial charge in [0.2, 0.25) is 12.5 Å². The van der Waals surface area contributed by atoms with Crippen LogP contribution in [0, 0.1) is 0 Å². The molecule has 0 fully saturated rings. The second-order valence-corrected chi connectivity index (χ2v) is 4.93. The van der Waals surface area contributed by atoms with Gasteiger partial charge in [0.05, 0.1) is 12.9 Å². The van der Waals surface area contributed by atoms with E-state index in [2.05, 4.69) is 4.98 Å². The molecule has 0 radical (unpaired) electrons. The van der Waals surface area contributed by atoms with E-state index in [1.54, 1.807) is 10.9 Å². The molecule has 0 atom stereocenters. The van der Waals surface area contributed by atoms with Gasteiger partial charge in [-0.15, -0.1) is 0 Å². The van der Waals surface area contributed by atoms with Crippen molar-refractivity contribution in [1.82, 2.24) is 9.55 Å². The zero-order valence-corrected chi connectivity index (χ0v) is 12.0. The molecular weight excluding hydrogens is 303 g/mol.